The Labute approximate surface area is 75.2 Å². The maximum absolute atomic E-state index is 11.0. The van der Waals surface area contributed by atoms with Crippen LogP contribution in [0.3, 0.4) is 0 Å². The van der Waals surface area contributed by atoms with Crippen molar-refractivity contribution in [1.82, 2.24) is 0 Å². The normalized spacial score (nSPS) is 26.6. The van der Waals surface area contributed by atoms with Crippen LogP contribution in [0.2, 0.25) is 0 Å². The number of likely N-dealkylation sites (N-methyl/N-ethyl adjacent to an activating group) is 1. The quantitative estimate of drug-likeness (QED) is 0.489. The van der Waals surface area contributed by atoms with Crippen molar-refractivity contribution < 1.29 is 29.0 Å². The lowest BCUT2D eigenvalue weighted by molar-refractivity contribution is -0.841. The molecule has 0 aliphatic carbocycles. The molecule has 0 bridgehead atoms. The molecule has 1 fully saturated rings. The molecule has 1 heterocycles. The lowest BCUT2D eigenvalue weighted by Crippen LogP contribution is -2.55. The number of rotatable bonds is 2. The predicted molar refractivity (Wildman–Crippen MR) is 40.6 cm³/mol. The number of hydrogen-bond donors (Lipinski definition) is 1. The second-order valence-corrected chi connectivity index (χ2v) is 3.53. The highest BCUT2D eigenvalue weighted by Crippen LogP contribution is 2.15. The Balaban J connectivity index is 2.55. The summed E-state index contributed by atoms with van der Waals surface area (Å²) in [5, 5.41) is 8.47. The van der Waals surface area contributed by atoms with E-state index in [4.69, 9.17) is 5.11 Å². The van der Waals surface area contributed by atoms with Crippen LogP contribution in [0.4, 0.5) is 4.79 Å². The standard InChI is InChI=1S/C7H11NO5/c1-8(2)4-5(3-6(9)10)12-13-7(8)11/h5H,3-4H2,1-2H3/p+1. The van der Waals surface area contributed by atoms with Crippen LogP contribution >= 0.6 is 0 Å². The highest BCUT2D eigenvalue weighted by Gasteiger charge is 2.40. The monoisotopic (exact) mass is 190 g/mol. The van der Waals surface area contributed by atoms with Crippen molar-refractivity contribution >= 4 is 12.1 Å². The van der Waals surface area contributed by atoms with E-state index in [0.29, 0.717) is 6.54 Å². The molecule has 0 aromatic carbocycles. The van der Waals surface area contributed by atoms with Gasteiger partial charge in [0, 0.05) is 0 Å². The van der Waals surface area contributed by atoms with E-state index < -0.39 is 18.2 Å². The predicted octanol–water partition coefficient (Wildman–Crippen LogP) is -0.0121. The van der Waals surface area contributed by atoms with Gasteiger partial charge >= 0.3 is 12.1 Å². The van der Waals surface area contributed by atoms with Crippen LogP contribution < -0.4 is 0 Å². The van der Waals surface area contributed by atoms with Crippen molar-refractivity contribution in [3.8, 4) is 0 Å². The van der Waals surface area contributed by atoms with E-state index >= 15 is 0 Å². The molecule has 1 amide bonds. The average Bonchev–Trinajstić information content (AvgIpc) is 1.95. The van der Waals surface area contributed by atoms with Crippen molar-refractivity contribution in [3.05, 3.63) is 0 Å². The summed E-state index contributed by atoms with van der Waals surface area (Å²) in [6.45, 7) is 0.311. The number of nitrogens with zero attached hydrogens (tertiary/aromatic N) is 1. The molecular weight excluding hydrogens is 178 g/mol. The first-order valence-electron chi connectivity index (χ1n) is 3.84. The number of quaternary nitrogens is 1. The molecule has 0 spiro atoms. The third-order valence-electron chi connectivity index (χ3n) is 1.81. The molecule has 0 saturated carbocycles. The lowest BCUT2D eigenvalue weighted by atomic mass is 10.2. The summed E-state index contributed by atoms with van der Waals surface area (Å²) < 4.78 is -0.0159. The van der Waals surface area contributed by atoms with Crippen molar-refractivity contribution in [1.29, 1.82) is 0 Å². The number of carbonyl (C=O) groups excluding carboxylic acids is 1. The summed E-state index contributed by atoms with van der Waals surface area (Å²) in [5.74, 6) is -0.969. The van der Waals surface area contributed by atoms with E-state index in [1.165, 1.54) is 0 Å². The number of aliphatic carboxylic acids is 1. The fourth-order valence-corrected chi connectivity index (χ4v) is 1.12. The zero-order valence-electron chi connectivity index (χ0n) is 7.52. The van der Waals surface area contributed by atoms with Gasteiger partial charge in [-0.3, -0.25) is 4.79 Å². The molecular formula is C7H12NO5+. The minimum Gasteiger partial charge on any atom is -0.481 e. The SMILES string of the molecule is C[N+]1(C)CC(CC(=O)O)OOC1=O. The first kappa shape index (κ1) is 9.94. The van der Waals surface area contributed by atoms with E-state index in [2.05, 4.69) is 9.78 Å². The fraction of sp³-hybridized carbons (Fsp3) is 0.714. The summed E-state index contributed by atoms with van der Waals surface area (Å²) in [7, 11) is 3.28. The Kier molecular flexibility index (Phi) is 2.53. The van der Waals surface area contributed by atoms with Crippen molar-refractivity contribution in [3.63, 3.8) is 0 Å². The molecule has 6 heteroatoms. The van der Waals surface area contributed by atoms with Gasteiger partial charge in [-0.15, -0.1) is 0 Å². The zero-order chi connectivity index (χ0) is 10.1. The molecule has 1 N–H and O–H groups in total. The van der Waals surface area contributed by atoms with Gasteiger partial charge in [0.2, 0.25) is 0 Å². The lowest BCUT2D eigenvalue weighted by Gasteiger charge is -2.31. The fourth-order valence-electron chi connectivity index (χ4n) is 1.12. The van der Waals surface area contributed by atoms with Crippen LogP contribution in [0.5, 0.6) is 0 Å². The molecule has 0 aromatic rings. The minimum absolute atomic E-state index is 0.0159. The van der Waals surface area contributed by atoms with Gasteiger partial charge in [-0.1, -0.05) is 0 Å². The van der Waals surface area contributed by atoms with Gasteiger partial charge in [0.05, 0.1) is 20.5 Å². The molecule has 1 aliphatic heterocycles. The Bertz CT molecular complexity index is 237. The van der Waals surface area contributed by atoms with Gasteiger partial charge in [-0.2, -0.15) is 9.68 Å². The van der Waals surface area contributed by atoms with Crippen LogP contribution in [0.1, 0.15) is 6.42 Å². The van der Waals surface area contributed by atoms with Crippen LogP contribution in [0.15, 0.2) is 0 Å². The number of hydrogen-bond acceptors (Lipinski definition) is 4. The number of carboxylic acids is 1. The molecule has 1 unspecified atom stereocenters. The maximum Gasteiger partial charge on any atom is 0.547 e. The highest BCUT2D eigenvalue weighted by atomic mass is 17.2. The van der Waals surface area contributed by atoms with E-state index in [-0.39, 0.29) is 10.9 Å². The van der Waals surface area contributed by atoms with Gasteiger partial charge in [0.15, 0.2) is 6.10 Å². The molecule has 0 radical (unpaired) electrons. The first-order chi connectivity index (χ1) is 5.92. The van der Waals surface area contributed by atoms with Gasteiger partial charge in [-0.25, -0.2) is 9.37 Å². The second-order valence-electron chi connectivity index (χ2n) is 3.53. The molecule has 6 nitrogen and oxygen atoms in total. The molecule has 0 aromatic heterocycles. The minimum atomic E-state index is -0.969. The Morgan fingerprint density at radius 3 is 2.77 bits per heavy atom. The summed E-state index contributed by atoms with van der Waals surface area (Å²) in [6, 6.07) is 0. The van der Waals surface area contributed by atoms with E-state index in [1.54, 1.807) is 14.1 Å². The molecule has 1 atom stereocenters. The molecule has 13 heavy (non-hydrogen) atoms. The Morgan fingerprint density at radius 1 is 1.69 bits per heavy atom. The Morgan fingerprint density at radius 2 is 2.31 bits per heavy atom. The molecule has 74 valence electrons. The summed E-state index contributed by atoms with van der Waals surface area (Å²) in [4.78, 5) is 30.3. The number of carbonyl (C=O) groups is 2. The van der Waals surface area contributed by atoms with Crippen LogP contribution in [0.25, 0.3) is 0 Å². The van der Waals surface area contributed by atoms with Crippen molar-refractivity contribution in [2.75, 3.05) is 20.6 Å². The van der Waals surface area contributed by atoms with Crippen LogP contribution in [0, 0.1) is 0 Å². The smallest absolute Gasteiger partial charge is 0.481 e. The number of amides is 1. The van der Waals surface area contributed by atoms with Crippen LogP contribution in [-0.4, -0.2) is 48.4 Å². The average molecular weight is 190 g/mol. The first-order valence-corrected chi connectivity index (χ1v) is 3.84. The third kappa shape index (κ3) is 2.40. The maximum atomic E-state index is 11.0. The van der Waals surface area contributed by atoms with E-state index in [9.17, 15) is 9.59 Å². The largest absolute Gasteiger partial charge is 0.547 e. The van der Waals surface area contributed by atoms with E-state index in [1.807, 2.05) is 0 Å². The zero-order valence-corrected chi connectivity index (χ0v) is 7.52. The number of carboxylic acid groups (broad SMARTS) is 1. The second kappa shape index (κ2) is 3.31. The van der Waals surface area contributed by atoms with Crippen LogP contribution in [-0.2, 0) is 14.6 Å². The van der Waals surface area contributed by atoms with Gasteiger partial charge in [0.25, 0.3) is 0 Å². The summed E-state index contributed by atoms with van der Waals surface area (Å²) in [5.41, 5.74) is 0. The Hall–Kier alpha value is -1.14. The molecule has 1 aliphatic rings. The summed E-state index contributed by atoms with van der Waals surface area (Å²) in [6.07, 6.45) is -1.23. The van der Waals surface area contributed by atoms with Gasteiger partial charge < -0.3 is 5.11 Å². The van der Waals surface area contributed by atoms with Crippen molar-refractivity contribution in [2.45, 2.75) is 12.5 Å². The third-order valence-corrected chi connectivity index (χ3v) is 1.81. The van der Waals surface area contributed by atoms with Gasteiger partial charge in [-0.05, 0) is 0 Å². The highest BCUT2D eigenvalue weighted by molar-refractivity contribution is 5.67. The summed E-state index contributed by atoms with van der Waals surface area (Å²) >= 11 is 0. The molecule has 1 saturated heterocycles. The van der Waals surface area contributed by atoms with E-state index in [0.717, 1.165) is 0 Å². The van der Waals surface area contributed by atoms with Crippen molar-refractivity contribution in [2.24, 2.45) is 0 Å². The topological polar surface area (TPSA) is 72.8 Å². The molecule has 1 rings (SSSR count). The van der Waals surface area contributed by atoms with Gasteiger partial charge in [0.1, 0.15) is 6.54 Å².